The predicted octanol–water partition coefficient (Wildman–Crippen LogP) is 2.19. The Kier molecular flexibility index (Phi) is 2.76. The molecule has 4 heteroatoms. The van der Waals surface area contributed by atoms with Gasteiger partial charge >= 0.3 is 0 Å². The molecule has 0 saturated carbocycles. The molecule has 1 amide bonds. The highest BCUT2D eigenvalue weighted by Gasteiger charge is 2.46. The van der Waals surface area contributed by atoms with E-state index in [-0.39, 0.29) is 0 Å². The van der Waals surface area contributed by atoms with Crippen LogP contribution in [0.1, 0.15) is 16.7 Å². The Morgan fingerprint density at radius 1 is 1.20 bits per heavy atom. The number of hydrogen-bond donors (Lipinski definition) is 2. The van der Waals surface area contributed by atoms with Crippen LogP contribution in [0.25, 0.3) is 0 Å². The van der Waals surface area contributed by atoms with E-state index in [0.29, 0.717) is 22.6 Å². The molecule has 1 atom stereocenters. The Morgan fingerprint density at radius 2 is 2.00 bits per heavy atom. The van der Waals surface area contributed by atoms with Gasteiger partial charge < -0.3 is 15.2 Å². The molecule has 2 N–H and O–H groups in total. The Balaban J connectivity index is 2.21. The highest BCUT2D eigenvalue weighted by molar-refractivity contribution is 6.07. The number of fused-ring (bicyclic) bond motifs is 1. The van der Waals surface area contributed by atoms with Crippen molar-refractivity contribution in [1.29, 1.82) is 0 Å². The molecule has 4 nitrogen and oxygen atoms in total. The van der Waals surface area contributed by atoms with Crippen molar-refractivity contribution in [2.75, 3.05) is 12.4 Å². The molecule has 0 radical (unpaired) electrons. The summed E-state index contributed by atoms with van der Waals surface area (Å²) in [6.45, 7) is 1.93. The standard InChI is InChI=1S/C16H15NO3/c1-10-6-7-14-13(8-10)16(19,15(18)17-14)11-4-3-5-12(9-11)20-2/h3-9,19H,1-2H3,(H,17,18). The van der Waals surface area contributed by atoms with E-state index in [1.54, 1.807) is 37.4 Å². The first-order chi connectivity index (χ1) is 9.55. The SMILES string of the molecule is COc1cccc(C2(O)C(=O)Nc3ccc(C)cc32)c1. The smallest absolute Gasteiger partial charge is 0.265 e. The van der Waals surface area contributed by atoms with Crippen LogP contribution < -0.4 is 10.1 Å². The predicted molar refractivity (Wildman–Crippen MR) is 75.8 cm³/mol. The van der Waals surface area contributed by atoms with Crippen LogP contribution in [0, 0.1) is 6.92 Å². The van der Waals surface area contributed by atoms with Crippen molar-refractivity contribution >= 4 is 11.6 Å². The lowest BCUT2D eigenvalue weighted by Crippen LogP contribution is -2.35. The molecule has 0 aliphatic carbocycles. The number of amides is 1. The molecule has 20 heavy (non-hydrogen) atoms. The van der Waals surface area contributed by atoms with Gasteiger partial charge in [0.2, 0.25) is 0 Å². The number of benzene rings is 2. The normalized spacial score (nSPS) is 20.4. The zero-order valence-corrected chi connectivity index (χ0v) is 11.3. The molecule has 0 saturated heterocycles. The van der Waals surface area contributed by atoms with Crippen LogP contribution in [0.3, 0.4) is 0 Å². The molecule has 3 rings (SSSR count). The van der Waals surface area contributed by atoms with Gasteiger partial charge in [0, 0.05) is 16.8 Å². The van der Waals surface area contributed by atoms with Gasteiger partial charge in [0.25, 0.3) is 5.91 Å². The van der Waals surface area contributed by atoms with Crippen molar-refractivity contribution in [3.05, 3.63) is 59.2 Å². The molecule has 1 aliphatic heterocycles. The molecule has 102 valence electrons. The van der Waals surface area contributed by atoms with E-state index in [1.165, 1.54) is 0 Å². The van der Waals surface area contributed by atoms with Crippen LogP contribution in [0.2, 0.25) is 0 Å². The fourth-order valence-electron chi connectivity index (χ4n) is 2.54. The maximum Gasteiger partial charge on any atom is 0.265 e. The van der Waals surface area contributed by atoms with Crippen molar-refractivity contribution in [2.45, 2.75) is 12.5 Å². The van der Waals surface area contributed by atoms with Crippen LogP contribution in [0.15, 0.2) is 42.5 Å². The minimum atomic E-state index is -1.67. The summed E-state index contributed by atoms with van der Waals surface area (Å²) in [5, 5.41) is 13.7. The third-order valence-electron chi connectivity index (χ3n) is 3.63. The summed E-state index contributed by atoms with van der Waals surface area (Å²) in [6, 6.07) is 12.5. The Labute approximate surface area is 117 Å². The summed E-state index contributed by atoms with van der Waals surface area (Å²) in [4.78, 5) is 12.3. The maximum absolute atomic E-state index is 12.3. The number of carbonyl (C=O) groups excluding carboxylic acids is 1. The van der Waals surface area contributed by atoms with Gasteiger partial charge in [-0.05, 0) is 25.1 Å². The van der Waals surface area contributed by atoms with Gasteiger partial charge in [-0.2, -0.15) is 0 Å². The number of nitrogens with one attached hydrogen (secondary N) is 1. The lowest BCUT2D eigenvalue weighted by atomic mass is 9.87. The summed E-state index contributed by atoms with van der Waals surface area (Å²) in [6.07, 6.45) is 0. The van der Waals surface area contributed by atoms with Gasteiger partial charge in [-0.25, -0.2) is 0 Å². The molecule has 0 aromatic heterocycles. The fraction of sp³-hybridized carbons (Fsp3) is 0.188. The average Bonchev–Trinajstić information content (AvgIpc) is 2.72. The summed E-state index contributed by atoms with van der Waals surface area (Å²) in [5.74, 6) is 0.163. The molecule has 0 fully saturated rings. The van der Waals surface area contributed by atoms with E-state index in [0.717, 1.165) is 5.56 Å². The summed E-state index contributed by atoms with van der Waals surface area (Å²) < 4.78 is 5.16. The van der Waals surface area contributed by atoms with Crippen LogP contribution in [0.5, 0.6) is 5.75 Å². The largest absolute Gasteiger partial charge is 0.497 e. The van der Waals surface area contributed by atoms with E-state index < -0.39 is 11.5 Å². The lowest BCUT2D eigenvalue weighted by molar-refractivity contribution is -0.129. The van der Waals surface area contributed by atoms with E-state index in [1.807, 2.05) is 19.1 Å². The van der Waals surface area contributed by atoms with Crippen molar-refractivity contribution < 1.29 is 14.6 Å². The average molecular weight is 269 g/mol. The molecule has 1 unspecified atom stereocenters. The highest BCUT2D eigenvalue weighted by atomic mass is 16.5. The van der Waals surface area contributed by atoms with E-state index in [2.05, 4.69) is 5.32 Å². The zero-order valence-electron chi connectivity index (χ0n) is 11.3. The Hall–Kier alpha value is -2.33. The molecular weight excluding hydrogens is 254 g/mol. The van der Waals surface area contributed by atoms with E-state index in [9.17, 15) is 9.90 Å². The Morgan fingerprint density at radius 3 is 2.75 bits per heavy atom. The third kappa shape index (κ3) is 1.69. The highest BCUT2D eigenvalue weighted by Crippen LogP contribution is 2.41. The van der Waals surface area contributed by atoms with Gasteiger partial charge in [0.1, 0.15) is 5.75 Å². The van der Waals surface area contributed by atoms with Gasteiger partial charge in [0.15, 0.2) is 5.60 Å². The second-order valence-electron chi connectivity index (χ2n) is 4.95. The van der Waals surface area contributed by atoms with Gasteiger partial charge in [-0.1, -0.05) is 29.8 Å². The second-order valence-corrected chi connectivity index (χ2v) is 4.95. The van der Waals surface area contributed by atoms with Crippen molar-refractivity contribution in [3.8, 4) is 5.75 Å². The van der Waals surface area contributed by atoms with Gasteiger partial charge in [0.05, 0.1) is 7.11 Å². The fourth-order valence-corrected chi connectivity index (χ4v) is 2.54. The topological polar surface area (TPSA) is 58.6 Å². The van der Waals surface area contributed by atoms with Crippen LogP contribution in [-0.2, 0) is 10.4 Å². The summed E-state index contributed by atoms with van der Waals surface area (Å²) in [5.41, 5.74) is 1.04. The monoisotopic (exact) mass is 269 g/mol. The minimum absolute atomic E-state index is 0.439. The molecule has 0 spiro atoms. The van der Waals surface area contributed by atoms with Crippen LogP contribution >= 0.6 is 0 Å². The molecule has 0 bridgehead atoms. The van der Waals surface area contributed by atoms with Crippen LogP contribution in [0.4, 0.5) is 5.69 Å². The number of carbonyl (C=O) groups is 1. The van der Waals surface area contributed by atoms with E-state index in [4.69, 9.17) is 4.74 Å². The quantitative estimate of drug-likeness (QED) is 0.878. The summed E-state index contributed by atoms with van der Waals surface area (Å²) in [7, 11) is 1.55. The number of aryl methyl sites for hydroxylation is 1. The Bertz CT molecular complexity index is 696. The molecule has 1 heterocycles. The summed E-state index contributed by atoms with van der Waals surface area (Å²) >= 11 is 0. The number of rotatable bonds is 2. The van der Waals surface area contributed by atoms with Crippen molar-refractivity contribution in [2.24, 2.45) is 0 Å². The van der Waals surface area contributed by atoms with E-state index >= 15 is 0 Å². The second kappa shape index (κ2) is 4.35. The van der Waals surface area contributed by atoms with Crippen molar-refractivity contribution in [3.63, 3.8) is 0 Å². The lowest BCUT2D eigenvalue weighted by Gasteiger charge is -2.22. The first-order valence-electron chi connectivity index (χ1n) is 6.35. The van der Waals surface area contributed by atoms with Gasteiger partial charge in [-0.15, -0.1) is 0 Å². The number of anilines is 1. The molecule has 2 aromatic carbocycles. The number of hydrogen-bond acceptors (Lipinski definition) is 3. The molecule has 1 aliphatic rings. The number of ether oxygens (including phenoxy) is 1. The van der Waals surface area contributed by atoms with Gasteiger partial charge in [-0.3, -0.25) is 4.79 Å². The zero-order chi connectivity index (χ0) is 14.3. The maximum atomic E-state index is 12.3. The van der Waals surface area contributed by atoms with Crippen molar-refractivity contribution in [1.82, 2.24) is 0 Å². The van der Waals surface area contributed by atoms with Crippen LogP contribution in [-0.4, -0.2) is 18.1 Å². The third-order valence-corrected chi connectivity index (χ3v) is 3.63. The number of aliphatic hydroxyl groups is 1. The minimum Gasteiger partial charge on any atom is -0.497 e. The molecular formula is C16H15NO3. The molecule has 2 aromatic rings. The number of methoxy groups -OCH3 is 1. The first-order valence-corrected chi connectivity index (χ1v) is 6.35. The first kappa shape index (κ1) is 12.7.